The average molecular weight is 659 g/mol. The second-order valence-electron chi connectivity index (χ2n) is 11.2. The van der Waals surface area contributed by atoms with Crippen LogP contribution < -0.4 is 18.9 Å². The summed E-state index contributed by atoms with van der Waals surface area (Å²) in [4.78, 5) is 52.0. The van der Waals surface area contributed by atoms with Crippen molar-refractivity contribution in [2.45, 2.75) is 78.6 Å². The molecule has 256 valence electrons. The fraction of sp³-hybridized carbons (Fsp3) is 0.529. The molecule has 2 aromatic rings. The van der Waals surface area contributed by atoms with E-state index in [2.05, 4.69) is 0 Å². The molecule has 12 nitrogen and oxygen atoms in total. The van der Waals surface area contributed by atoms with Crippen LogP contribution >= 0.6 is 0 Å². The number of carbonyl (C=O) groups is 4. The van der Waals surface area contributed by atoms with Gasteiger partial charge in [0, 0.05) is 51.0 Å². The maximum Gasteiger partial charge on any atom is 0.306 e. The van der Waals surface area contributed by atoms with Crippen LogP contribution in [0, 0.1) is 5.82 Å². The minimum absolute atomic E-state index is 0.0164. The number of carbonyl (C=O) groups excluding carboxylic acids is 4. The van der Waals surface area contributed by atoms with E-state index < -0.39 is 11.8 Å². The van der Waals surface area contributed by atoms with Crippen molar-refractivity contribution in [1.29, 1.82) is 0 Å². The standard InChI is InChI=1S/C34H43FN2O10/c1-5-12-47-32(41)11-9-29(38)36-18-22-15-26(42-3)27(16-23(22)19-36)45-13-7-14-46-28-17-24-20-37(21-25(24)33(35)34(28)43-4)30(39)8-10-31(40)44-6-2/h15-17H,5-14,18-21H2,1-4H3. The van der Waals surface area contributed by atoms with Gasteiger partial charge in [0.1, 0.15) is 0 Å². The smallest absolute Gasteiger partial charge is 0.306 e. The van der Waals surface area contributed by atoms with Crippen molar-refractivity contribution in [3.8, 4) is 23.0 Å². The molecule has 0 N–H and O–H groups in total. The number of benzene rings is 2. The van der Waals surface area contributed by atoms with E-state index >= 15 is 4.39 Å². The van der Waals surface area contributed by atoms with Crippen molar-refractivity contribution in [2.24, 2.45) is 0 Å². The molecule has 0 aliphatic carbocycles. The number of amides is 2. The fourth-order valence-electron chi connectivity index (χ4n) is 5.47. The van der Waals surface area contributed by atoms with Crippen molar-refractivity contribution >= 4 is 23.8 Å². The zero-order valence-corrected chi connectivity index (χ0v) is 27.5. The molecule has 47 heavy (non-hydrogen) atoms. The predicted octanol–water partition coefficient (Wildman–Crippen LogP) is 4.45. The van der Waals surface area contributed by atoms with Crippen LogP contribution in [0.3, 0.4) is 0 Å². The predicted molar refractivity (Wildman–Crippen MR) is 166 cm³/mol. The lowest BCUT2D eigenvalue weighted by molar-refractivity contribution is -0.146. The fourth-order valence-corrected chi connectivity index (χ4v) is 5.47. The summed E-state index contributed by atoms with van der Waals surface area (Å²) >= 11 is 0. The molecule has 0 fully saturated rings. The van der Waals surface area contributed by atoms with E-state index in [-0.39, 0.29) is 87.9 Å². The van der Waals surface area contributed by atoms with Crippen LogP contribution in [-0.2, 0) is 54.8 Å². The van der Waals surface area contributed by atoms with Crippen LogP contribution in [0.1, 0.15) is 74.6 Å². The third-order valence-electron chi connectivity index (χ3n) is 7.87. The molecule has 4 rings (SSSR count). The number of ether oxygens (including phenoxy) is 6. The summed E-state index contributed by atoms with van der Waals surface area (Å²) in [5.74, 6) is -0.547. The van der Waals surface area contributed by atoms with Crippen molar-refractivity contribution in [1.82, 2.24) is 9.80 Å². The zero-order valence-electron chi connectivity index (χ0n) is 27.5. The Morgan fingerprint density at radius 2 is 1.23 bits per heavy atom. The molecule has 2 aliphatic heterocycles. The van der Waals surface area contributed by atoms with E-state index in [0.29, 0.717) is 48.7 Å². The maximum absolute atomic E-state index is 15.4. The van der Waals surface area contributed by atoms with Crippen LogP contribution in [0.2, 0.25) is 0 Å². The Hall–Kier alpha value is -4.55. The number of fused-ring (bicyclic) bond motifs is 2. The number of rotatable bonds is 17. The van der Waals surface area contributed by atoms with E-state index in [0.717, 1.165) is 17.5 Å². The molecule has 0 saturated heterocycles. The summed E-state index contributed by atoms with van der Waals surface area (Å²) in [6, 6.07) is 5.39. The van der Waals surface area contributed by atoms with Gasteiger partial charge in [-0.15, -0.1) is 0 Å². The van der Waals surface area contributed by atoms with Crippen molar-refractivity contribution in [3.63, 3.8) is 0 Å². The van der Waals surface area contributed by atoms with Gasteiger partial charge in [-0.05, 0) is 48.2 Å². The number of hydrogen-bond acceptors (Lipinski definition) is 10. The topological polar surface area (TPSA) is 130 Å². The lowest BCUT2D eigenvalue weighted by Crippen LogP contribution is -2.26. The molecule has 0 bridgehead atoms. The van der Waals surface area contributed by atoms with Crippen molar-refractivity contribution in [3.05, 3.63) is 46.3 Å². The van der Waals surface area contributed by atoms with E-state index in [4.69, 9.17) is 28.4 Å². The van der Waals surface area contributed by atoms with Crippen LogP contribution in [-0.4, -0.2) is 74.2 Å². The molecule has 2 amide bonds. The Bertz CT molecular complexity index is 1460. The first kappa shape index (κ1) is 35.3. The highest BCUT2D eigenvalue weighted by molar-refractivity contribution is 5.82. The number of halogens is 1. The van der Waals surface area contributed by atoms with Gasteiger partial charge in [-0.1, -0.05) is 6.92 Å². The third kappa shape index (κ3) is 9.05. The number of methoxy groups -OCH3 is 2. The number of esters is 2. The summed E-state index contributed by atoms with van der Waals surface area (Å²) in [5.41, 5.74) is 2.86. The molecule has 0 unspecified atom stereocenters. The van der Waals surface area contributed by atoms with Gasteiger partial charge in [0.2, 0.25) is 11.8 Å². The third-order valence-corrected chi connectivity index (χ3v) is 7.87. The molecular formula is C34H43FN2O10. The largest absolute Gasteiger partial charge is 0.493 e. The van der Waals surface area contributed by atoms with Crippen LogP contribution in [0.25, 0.3) is 0 Å². The first-order chi connectivity index (χ1) is 22.7. The first-order valence-electron chi connectivity index (χ1n) is 15.9. The Morgan fingerprint density at radius 1 is 0.681 bits per heavy atom. The van der Waals surface area contributed by atoms with Gasteiger partial charge in [0.15, 0.2) is 28.8 Å². The number of nitrogens with zero attached hydrogens (tertiary/aromatic N) is 2. The molecule has 13 heteroatoms. The van der Waals surface area contributed by atoms with E-state index in [1.54, 1.807) is 25.0 Å². The molecule has 2 heterocycles. The molecule has 0 aromatic heterocycles. The Kier molecular flexibility index (Phi) is 12.7. The van der Waals surface area contributed by atoms with Gasteiger partial charge < -0.3 is 38.2 Å². The summed E-state index contributed by atoms with van der Waals surface area (Å²) in [6.07, 6.45) is 1.28. The molecule has 2 aromatic carbocycles. The quantitative estimate of drug-likeness (QED) is 0.178. The van der Waals surface area contributed by atoms with Gasteiger partial charge in [0.25, 0.3) is 0 Å². The van der Waals surface area contributed by atoms with E-state index in [1.165, 1.54) is 12.0 Å². The molecule has 0 saturated carbocycles. The van der Waals surface area contributed by atoms with Gasteiger partial charge in [-0.3, -0.25) is 19.2 Å². The zero-order chi connectivity index (χ0) is 33.9. The second-order valence-corrected chi connectivity index (χ2v) is 11.2. The molecular weight excluding hydrogens is 615 g/mol. The van der Waals surface area contributed by atoms with Gasteiger partial charge in [0.05, 0.1) is 53.5 Å². The summed E-state index contributed by atoms with van der Waals surface area (Å²) in [7, 11) is 2.90. The Balaban J connectivity index is 1.28. The highest BCUT2D eigenvalue weighted by atomic mass is 19.1. The van der Waals surface area contributed by atoms with Crippen molar-refractivity contribution in [2.75, 3.05) is 40.6 Å². The normalized spacial score (nSPS) is 13.1. The maximum atomic E-state index is 15.4. The number of hydrogen-bond donors (Lipinski definition) is 0. The SMILES string of the molecule is CCCOC(=O)CCC(=O)N1Cc2cc(OC)c(OCCCOc3cc4c(c(F)c3OC)CN(C(=O)CCC(=O)OCC)C4)cc2C1. The highest BCUT2D eigenvalue weighted by Gasteiger charge is 2.30. The second kappa shape index (κ2) is 16.8. The average Bonchev–Trinajstić information content (AvgIpc) is 3.69. The molecule has 0 spiro atoms. The first-order valence-corrected chi connectivity index (χ1v) is 15.9. The van der Waals surface area contributed by atoms with E-state index in [9.17, 15) is 19.2 Å². The summed E-state index contributed by atoms with van der Waals surface area (Å²) in [6.45, 7) is 5.78. The highest BCUT2D eigenvalue weighted by Crippen LogP contribution is 2.39. The Morgan fingerprint density at radius 3 is 1.83 bits per heavy atom. The minimum atomic E-state index is -0.580. The summed E-state index contributed by atoms with van der Waals surface area (Å²) < 4.78 is 48.0. The lowest BCUT2D eigenvalue weighted by atomic mass is 10.1. The lowest BCUT2D eigenvalue weighted by Gasteiger charge is -2.15. The Labute approximate surface area is 274 Å². The van der Waals surface area contributed by atoms with Crippen LogP contribution in [0.4, 0.5) is 4.39 Å². The minimum Gasteiger partial charge on any atom is -0.493 e. The molecule has 2 aliphatic rings. The van der Waals surface area contributed by atoms with Gasteiger partial charge in [-0.25, -0.2) is 4.39 Å². The van der Waals surface area contributed by atoms with Crippen molar-refractivity contribution < 1.29 is 52.0 Å². The van der Waals surface area contributed by atoms with Crippen LogP contribution in [0.15, 0.2) is 18.2 Å². The van der Waals surface area contributed by atoms with Gasteiger partial charge in [-0.2, -0.15) is 0 Å². The van der Waals surface area contributed by atoms with Gasteiger partial charge >= 0.3 is 11.9 Å². The summed E-state index contributed by atoms with van der Waals surface area (Å²) in [5, 5.41) is 0. The van der Waals surface area contributed by atoms with Crippen LogP contribution in [0.5, 0.6) is 23.0 Å². The monoisotopic (exact) mass is 658 g/mol. The molecule has 0 atom stereocenters. The van der Waals surface area contributed by atoms with E-state index in [1.807, 2.05) is 19.1 Å². The molecule has 0 radical (unpaired) electrons.